The molecule has 0 bridgehead atoms. The topological polar surface area (TPSA) is 28.2 Å². The first-order chi connectivity index (χ1) is 10.4. The van der Waals surface area contributed by atoms with E-state index in [1.165, 1.54) is 42.3 Å². The van der Waals surface area contributed by atoms with Crippen molar-refractivity contribution < 1.29 is 0 Å². The predicted octanol–water partition coefficient (Wildman–Crippen LogP) is 3.64. The standard InChI is InChI=1S/C17H23N3S/c1-2-18-16(14-8-4-3-5-9-14)12-15-13-21-17(19-15)20-10-6-7-11-20/h3-5,8-9,13,16,18H,2,6-7,10-12H2,1H3. The van der Waals surface area contributed by atoms with Crippen LogP contribution >= 0.6 is 11.3 Å². The summed E-state index contributed by atoms with van der Waals surface area (Å²) in [6, 6.07) is 11.0. The molecule has 21 heavy (non-hydrogen) atoms. The third-order valence-corrected chi connectivity index (χ3v) is 4.93. The van der Waals surface area contributed by atoms with Crippen molar-refractivity contribution in [3.05, 3.63) is 47.0 Å². The number of thiazole rings is 1. The van der Waals surface area contributed by atoms with Crippen LogP contribution in [0.1, 0.15) is 37.1 Å². The maximum absolute atomic E-state index is 4.84. The van der Waals surface area contributed by atoms with Gasteiger partial charge in [-0.1, -0.05) is 37.3 Å². The number of benzene rings is 1. The number of anilines is 1. The van der Waals surface area contributed by atoms with Gasteiger partial charge in [0, 0.05) is 30.9 Å². The van der Waals surface area contributed by atoms with Crippen LogP contribution in [-0.4, -0.2) is 24.6 Å². The number of aromatic nitrogens is 1. The van der Waals surface area contributed by atoms with E-state index in [9.17, 15) is 0 Å². The smallest absolute Gasteiger partial charge is 0.185 e. The molecule has 2 aromatic rings. The summed E-state index contributed by atoms with van der Waals surface area (Å²) in [4.78, 5) is 7.26. The van der Waals surface area contributed by atoms with Crippen molar-refractivity contribution in [2.24, 2.45) is 0 Å². The molecule has 1 fully saturated rings. The molecule has 1 aromatic heterocycles. The fourth-order valence-corrected chi connectivity index (χ4v) is 3.78. The van der Waals surface area contributed by atoms with Crippen LogP contribution in [0.4, 0.5) is 5.13 Å². The van der Waals surface area contributed by atoms with Gasteiger partial charge in [0.15, 0.2) is 5.13 Å². The van der Waals surface area contributed by atoms with Crippen LogP contribution in [0.3, 0.4) is 0 Å². The van der Waals surface area contributed by atoms with Gasteiger partial charge in [-0.15, -0.1) is 11.3 Å². The Hall–Kier alpha value is -1.39. The Kier molecular flexibility index (Phi) is 4.88. The molecule has 1 saturated heterocycles. The van der Waals surface area contributed by atoms with Crippen LogP contribution in [0.5, 0.6) is 0 Å². The minimum absolute atomic E-state index is 0.352. The van der Waals surface area contributed by atoms with Gasteiger partial charge < -0.3 is 10.2 Å². The number of nitrogens with one attached hydrogen (secondary N) is 1. The van der Waals surface area contributed by atoms with E-state index in [1.54, 1.807) is 11.3 Å². The van der Waals surface area contributed by atoms with E-state index in [0.717, 1.165) is 13.0 Å². The highest BCUT2D eigenvalue weighted by Crippen LogP contribution is 2.26. The average Bonchev–Trinajstić information content (AvgIpc) is 3.19. The lowest BCUT2D eigenvalue weighted by atomic mass is 10.0. The Bertz CT molecular complexity index is 546. The summed E-state index contributed by atoms with van der Waals surface area (Å²) < 4.78 is 0. The van der Waals surface area contributed by atoms with E-state index in [-0.39, 0.29) is 0 Å². The van der Waals surface area contributed by atoms with Crippen LogP contribution in [0, 0.1) is 0 Å². The van der Waals surface area contributed by atoms with Crippen molar-refractivity contribution in [1.82, 2.24) is 10.3 Å². The molecule has 3 nitrogen and oxygen atoms in total. The molecule has 2 heterocycles. The normalized spacial score (nSPS) is 16.3. The summed E-state index contributed by atoms with van der Waals surface area (Å²) in [6.45, 7) is 5.47. The lowest BCUT2D eigenvalue weighted by molar-refractivity contribution is 0.545. The third-order valence-electron chi connectivity index (χ3n) is 3.98. The lowest BCUT2D eigenvalue weighted by Gasteiger charge is -2.17. The molecule has 1 N–H and O–H groups in total. The van der Waals surface area contributed by atoms with Crippen LogP contribution in [0.2, 0.25) is 0 Å². The van der Waals surface area contributed by atoms with Crippen molar-refractivity contribution in [3.8, 4) is 0 Å². The maximum atomic E-state index is 4.84. The van der Waals surface area contributed by atoms with Gasteiger partial charge in [-0.2, -0.15) is 0 Å². The molecule has 112 valence electrons. The second-order valence-corrected chi connectivity index (χ2v) is 6.38. The summed E-state index contributed by atoms with van der Waals surface area (Å²) in [5.41, 5.74) is 2.55. The molecule has 0 spiro atoms. The summed E-state index contributed by atoms with van der Waals surface area (Å²) in [5, 5.41) is 7.00. The van der Waals surface area contributed by atoms with Crippen molar-refractivity contribution in [3.63, 3.8) is 0 Å². The first-order valence-electron chi connectivity index (χ1n) is 7.84. The summed E-state index contributed by atoms with van der Waals surface area (Å²) in [5.74, 6) is 0. The minimum Gasteiger partial charge on any atom is -0.348 e. The number of nitrogens with zero attached hydrogens (tertiary/aromatic N) is 2. The molecule has 4 heteroatoms. The van der Waals surface area contributed by atoms with Crippen LogP contribution in [-0.2, 0) is 6.42 Å². The van der Waals surface area contributed by atoms with Gasteiger partial charge in [0.1, 0.15) is 0 Å². The summed E-state index contributed by atoms with van der Waals surface area (Å²) in [7, 11) is 0. The van der Waals surface area contributed by atoms with Crippen molar-refractivity contribution >= 4 is 16.5 Å². The summed E-state index contributed by atoms with van der Waals surface area (Å²) >= 11 is 1.79. The number of hydrogen-bond donors (Lipinski definition) is 1. The van der Waals surface area contributed by atoms with E-state index < -0.39 is 0 Å². The zero-order valence-corrected chi connectivity index (χ0v) is 13.4. The quantitative estimate of drug-likeness (QED) is 0.883. The number of likely N-dealkylation sites (N-methyl/N-ethyl adjacent to an activating group) is 1. The molecule has 0 saturated carbocycles. The minimum atomic E-state index is 0.352. The molecule has 1 atom stereocenters. The van der Waals surface area contributed by atoms with Gasteiger partial charge >= 0.3 is 0 Å². The Balaban J connectivity index is 1.71. The Labute approximate surface area is 131 Å². The van der Waals surface area contributed by atoms with Crippen molar-refractivity contribution in [2.45, 2.75) is 32.2 Å². The Morgan fingerprint density at radius 2 is 2.00 bits per heavy atom. The SMILES string of the molecule is CCNC(Cc1csc(N2CCCC2)n1)c1ccccc1. The monoisotopic (exact) mass is 301 g/mol. The largest absolute Gasteiger partial charge is 0.348 e. The molecule has 1 unspecified atom stereocenters. The van der Waals surface area contributed by atoms with Crippen molar-refractivity contribution in [2.75, 3.05) is 24.5 Å². The average molecular weight is 301 g/mol. The Morgan fingerprint density at radius 3 is 2.71 bits per heavy atom. The molecular formula is C17H23N3S. The summed E-state index contributed by atoms with van der Waals surface area (Å²) in [6.07, 6.45) is 3.57. The highest BCUT2D eigenvalue weighted by molar-refractivity contribution is 7.13. The van der Waals surface area contributed by atoms with Gasteiger partial charge in [-0.3, -0.25) is 0 Å². The van der Waals surface area contributed by atoms with Crippen LogP contribution in [0.15, 0.2) is 35.7 Å². The van der Waals surface area contributed by atoms with E-state index in [0.29, 0.717) is 6.04 Å². The van der Waals surface area contributed by atoms with E-state index in [4.69, 9.17) is 4.98 Å². The predicted molar refractivity (Wildman–Crippen MR) is 90.1 cm³/mol. The zero-order valence-electron chi connectivity index (χ0n) is 12.6. The fraction of sp³-hybridized carbons (Fsp3) is 0.471. The van der Waals surface area contributed by atoms with Gasteiger partial charge in [0.2, 0.25) is 0 Å². The van der Waals surface area contributed by atoms with Gasteiger partial charge in [0.05, 0.1) is 5.69 Å². The number of hydrogen-bond acceptors (Lipinski definition) is 4. The number of rotatable bonds is 6. The molecule has 3 rings (SSSR count). The second kappa shape index (κ2) is 7.05. The van der Waals surface area contributed by atoms with E-state index in [1.807, 2.05) is 0 Å². The maximum Gasteiger partial charge on any atom is 0.185 e. The van der Waals surface area contributed by atoms with Crippen LogP contribution < -0.4 is 10.2 Å². The highest BCUT2D eigenvalue weighted by atomic mass is 32.1. The molecular weight excluding hydrogens is 278 g/mol. The fourth-order valence-electron chi connectivity index (χ4n) is 2.89. The van der Waals surface area contributed by atoms with Gasteiger partial charge in [-0.05, 0) is 24.9 Å². The molecule has 0 amide bonds. The zero-order chi connectivity index (χ0) is 14.5. The molecule has 0 aliphatic carbocycles. The third kappa shape index (κ3) is 3.63. The molecule has 1 aliphatic rings. The molecule has 0 radical (unpaired) electrons. The Morgan fingerprint density at radius 1 is 1.24 bits per heavy atom. The van der Waals surface area contributed by atoms with E-state index >= 15 is 0 Å². The van der Waals surface area contributed by atoms with Crippen molar-refractivity contribution in [1.29, 1.82) is 0 Å². The molecule has 1 aliphatic heterocycles. The second-order valence-electron chi connectivity index (χ2n) is 5.54. The first kappa shape index (κ1) is 14.5. The van der Waals surface area contributed by atoms with Crippen LogP contribution in [0.25, 0.3) is 0 Å². The van der Waals surface area contributed by atoms with E-state index in [2.05, 4.69) is 52.9 Å². The first-order valence-corrected chi connectivity index (χ1v) is 8.72. The highest BCUT2D eigenvalue weighted by Gasteiger charge is 2.17. The lowest BCUT2D eigenvalue weighted by Crippen LogP contribution is -2.23. The van der Waals surface area contributed by atoms with Gasteiger partial charge in [-0.25, -0.2) is 4.98 Å². The molecule has 1 aromatic carbocycles. The van der Waals surface area contributed by atoms with Gasteiger partial charge in [0.25, 0.3) is 0 Å².